The first-order chi connectivity index (χ1) is 10.3. The van der Waals surface area contributed by atoms with Gasteiger partial charge in [-0.2, -0.15) is 11.3 Å². The van der Waals surface area contributed by atoms with Crippen LogP contribution in [0.25, 0.3) is 17.2 Å². The van der Waals surface area contributed by atoms with Gasteiger partial charge in [-0.05, 0) is 57.3 Å². The Balaban J connectivity index is 1.84. The van der Waals surface area contributed by atoms with Gasteiger partial charge in [-0.25, -0.2) is 0 Å². The minimum absolute atomic E-state index is 0.574. The van der Waals surface area contributed by atoms with Gasteiger partial charge >= 0.3 is 0 Å². The van der Waals surface area contributed by atoms with Crippen LogP contribution in [-0.2, 0) is 6.61 Å². The summed E-state index contributed by atoms with van der Waals surface area (Å²) in [4.78, 5) is 0. The Morgan fingerprint density at radius 3 is 2.57 bits per heavy atom. The summed E-state index contributed by atoms with van der Waals surface area (Å²) >= 11 is 1.70. The Labute approximate surface area is 129 Å². The van der Waals surface area contributed by atoms with Gasteiger partial charge in [-0.15, -0.1) is 0 Å². The predicted octanol–water partition coefficient (Wildman–Crippen LogP) is 5.64. The van der Waals surface area contributed by atoms with Crippen LogP contribution in [0.2, 0.25) is 0 Å². The normalized spacial score (nSPS) is 10.3. The number of ether oxygens (including phenoxy) is 1. The summed E-state index contributed by atoms with van der Waals surface area (Å²) in [6.45, 7) is 4.43. The van der Waals surface area contributed by atoms with E-state index >= 15 is 0 Å². The van der Waals surface area contributed by atoms with Crippen LogP contribution < -0.4 is 4.74 Å². The van der Waals surface area contributed by atoms with Crippen LogP contribution >= 0.6 is 11.3 Å². The van der Waals surface area contributed by atoms with E-state index in [0.29, 0.717) is 6.61 Å². The van der Waals surface area contributed by atoms with E-state index < -0.39 is 0 Å². The zero-order valence-corrected chi connectivity index (χ0v) is 12.5. The van der Waals surface area contributed by atoms with Crippen LogP contribution in [0.1, 0.15) is 11.1 Å². The van der Waals surface area contributed by atoms with Gasteiger partial charge < -0.3 is 4.74 Å². The monoisotopic (exact) mass is 292 g/mol. The molecule has 0 radical (unpaired) electrons. The highest BCUT2D eigenvalue weighted by molar-refractivity contribution is 7.08. The molecule has 2 aromatic carbocycles. The van der Waals surface area contributed by atoms with Crippen LogP contribution in [0.4, 0.5) is 0 Å². The number of thiophene rings is 1. The van der Waals surface area contributed by atoms with Crippen molar-refractivity contribution in [2.45, 2.75) is 6.61 Å². The number of hydrogen-bond acceptors (Lipinski definition) is 2. The molecule has 0 fully saturated rings. The Morgan fingerprint density at radius 1 is 1.00 bits per heavy atom. The number of rotatable bonds is 5. The van der Waals surface area contributed by atoms with E-state index in [4.69, 9.17) is 4.74 Å². The highest BCUT2D eigenvalue weighted by atomic mass is 32.1. The Kier molecular flexibility index (Phi) is 4.17. The van der Waals surface area contributed by atoms with Crippen LogP contribution in [-0.4, -0.2) is 0 Å². The highest BCUT2D eigenvalue weighted by Crippen LogP contribution is 2.28. The van der Waals surface area contributed by atoms with Crippen molar-refractivity contribution >= 4 is 17.4 Å². The summed E-state index contributed by atoms with van der Waals surface area (Å²) in [5.74, 6) is 0.873. The fourth-order valence-corrected chi connectivity index (χ4v) is 2.82. The molecule has 21 heavy (non-hydrogen) atoms. The van der Waals surface area contributed by atoms with E-state index in [1.165, 1.54) is 11.1 Å². The average Bonchev–Trinajstić information content (AvgIpc) is 3.08. The van der Waals surface area contributed by atoms with E-state index in [0.717, 1.165) is 16.9 Å². The molecular formula is C19H16OS. The zero-order valence-electron chi connectivity index (χ0n) is 11.7. The molecule has 3 aromatic rings. The molecule has 1 nitrogen and oxygen atoms in total. The molecule has 1 heterocycles. The van der Waals surface area contributed by atoms with Gasteiger partial charge in [0.25, 0.3) is 0 Å². The second-order valence-corrected chi connectivity index (χ2v) is 5.56. The minimum Gasteiger partial charge on any atom is -0.489 e. The van der Waals surface area contributed by atoms with Gasteiger partial charge in [0.15, 0.2) is 0 Å². The summed E-state index contributed by atoms with van der Waals surface area (Å²) in [5, 5.41) is 4.23. The topological polar surface area (TPSA) is 9.23 Å². The van der Waals surface area contributed by atoms with Crippen molar-refractivity contribution in [2.75, 3.05) is 0 Å². The highest BCUT2D eigenvalue weighted by Gasteiger charge is 2.04. The first kappa shape index (κ1) is 13.7. The molecule has 104 valence electrons. The van der Waals surface area contributed by atoms with Crippen molar-refractivity contribution in [3.63, 3.8) is 0 Å². The van der Waals surface area contributed by atoms with Gasteiger partial charge in [-0.3, -0.25) is 0 Å². The fraction of sp³-hybridized carbons (Fsp3) is 0.0526. The molecule has 0 bridgehead atoms. The maximum Gasteiger partial charge on any atom is 0.121 e. The molecule has 0 N–H and O–H groups in total. The quantitative estimate of drug-likeness (QED) is 0.591. The molecule has 0 amide bonds. The van der Waals surface area contributed by atoms with Crippen molar-refractivity contribution in [3.05, 3.63) is 83.1 Å². The first-order valence-electron chi connectivity index (χ1n) is 6.82. The molecule has 2 heteroatoms. The molecule has 1 aromatic heterocycles. The lowest BCUT2D eigenvalue weighted by molar-refractivity contribution is 0.306. The van der Waals surface area contributed by atoms with Gasteiger partial charge in [0.05, 0.1) is 0 Å². The third kappa shape index (κ3) is 3.41. The van der Waals surface area contributed by atoms with Crippen LogP contribution in [0.3, 0.4) is 0 Å². The minimum atomic E-state index is 0.574. The molecule has 0 spiro atoms. The maximum atomic E-state index is 5.93. The third-order valence-electron chi connectivity index (χ3n) is 3.27. The van der Waals surface area contributed by atoms with Crippen molar-refractivity contribution < 1.29 is 4.74 Å². The van der Waals surface area contributed by atoms with E-state index in [9.17, 15) is 0 Å². The van der Waals surface area contributed by atoms with Crippen LogP contribution in [0.15, 0.2) is 71.9 Å². The van der Waals surface area contributed by atoms with E-state index in [2.05, 4.69) is 47.7 Å². The van der Waals surface area contributed by atoms with Crippen LogP contribution in [0.5, 0.6) is 5.75 Å². The summed E-state index contributed by atoms with van der Waals surface area (Å²) in [6.07, 6.45) is 1.85. The number of benzene rings is 2. The predicted molar refractivity (Wildman–Crippen MR) is 90.6 cm³/mol. The SMILES string of the molecule is C=Cc1cc(OCc2ccccc2)cc(-c2ccsc2)c1. The molecular weight excluding hydrogens is 276 g/mol. The fourth-order valence-electron chi connectivity index (χ4n) is 2.16. The van der Waals surface area contributed by atoms with Crippen molar-refractivity contribution in [3.8, 4) is 16.9 Å². The second-order valence-electron chi connectivity index (χ2n) is 4.78. The van der Waals surface area contributed by atoms with Gasteiger partial charge in [0, 0.05) is 0 Å². The van der Waals surface area contributed by atoms with E-state index in [-0.39, 0.29) is 0 Å². The van der Waals surface area contributed by atoms with E-state index in [1.54, 1.807) is 11.3 Å². The van der Waals surface area contributed by atoms with Gasteiger partial charge in [0.1, 0.15) is 12.4 Å². The molecule has 0 aliphatic heterocycles. The summed E-state index contributed by atoms with van der Waals surface area (Å²) in [6, 6.07) is 18.5. The Hall–Kier alpha value is -2.32. The lowest BCUT2D eigenvalue weighted by Gasteiger charge is -2.09. The molecule has 0 unspecified atom stereocenters. The van der Waals surface area contributed by atoms with Gasteiger partial charge in [-0.1, -0.05) is 43.0 Å². The average molecular weight is 292 g/mol. The first-order valence-corrected chi connectivity index (χ1v) is 7.76. The smallest absolute Gasteiger partial charge is 0.121 e. The summed E-state index contributed by atoms with van der Waals surface area (Å²) < 4.78 is 5.93. The molecule has 0 atom stereocenters. The Bertz CT molecular complexity index is 715. The van der Waals surface area contributed by atoms with Crippen LogP contribution in [0, 0.1) is 0 Å². The third-order valence-corrected chi connectivity index (χ3v) is 3.95. The van der Waals surface area contributed by atoms with Crippen molar-refractivity contribution in [1.82, 2.24) is 0 Å². The standard InChI is InChI=1S/C19H16OS/c1-2-15-10-18(17-8-9-21-14-17)12-19(11-15)20-13-16-6-4-3-5-7-16/h2-12,14H,1,13H2. The van der Waals surface area contributed by atoms with Gasteiger partial charge in [0.2, 0.25) is 0 Å². The Morgan fingerprint density at radius 2 is 1.86 bits per heavy atom. The summed E-state index contributed by atoms with van der Waals surface area (Å²) in [7, 11) is 0. The molecule has 0 saturated carbocycles. The largest absolute Gasteiger partial charge is 0.489 e. The second kappa shape index (κ2) is 6.42. The molecule has 0 saturated heterocycles. The van der Waals surface area contributed by atoms with E-state index in [1.807, 2.05) is 30.3 Å². The lowest BCUT2D eigenvalue weighted by atomic mass is 10.1. The number of hydrogen-bond donors (Lipinski definition) is 0. The lowest BCUT2D eigenvalue weighted by Crippen LogP contribution is -1.95. The summed E-state index contributed by atoms with van der Waals surface area (Å²) in [5.41, 5.74) is 4.62. The molecule has 3 rings (SSSR count). The molecule has 0 aliphatic rings. The molecule has 0 aliphatic carbocycles. The zero-order chi connectivity index (χ0) is 14.5. The van der Waals surface area contributed by atoms with Crippen molar-refractivity contribution in [2.24, 2.45) is 0 Å². The maximum absolute atomic E-state index is 5.93. The van der Waals surface area contributed by atoms with Crippen molar-refractivity contribution in [1.29, 1.82) is 0 Å².